The highest BCUT2D eigenvalue weighted by atomic mass is 35.7. The van der Waals surface area contributed by atoms with Gasteiger partial charge < -0.3 is 27.9 Å². The molecule has 0 bridgehead atoms. The number of fused-ring (bicyclic) bond motifs is 3. The Bertz CT molecular complexity index is 2760. The molecule has 2 N–H and O–H groups in total. The van der Waals surface area contributed by atoms with E-state index in [-0.39, 0.29) is 107 Å². The van der Waals surface area contributed by atoms with Crippen LogP contribution >= 0.6 is 21.4 Å². The highest BCUT2D eigenvalue weighted by molar-refractivity contribution is 8.13. The molecule has 0 spiro atoms. The monoisotopic (exact) mass is 1080 g/mol. The average molecular weight is 1090 g/mol. The maximum Gasteiger partial charge on any atom is 0.353 e. The van der Waals surface area contributed by atoms with E-state index in [9.17, 15) is 50.2 Å². The van der Waals surface area contributed by atoms with Crippen molar-refractivity contribution < 1.29 is 77.3 Å². The Balaban J connectivity index is 0.000000265. The van der Waals surface area contributed by atoms with Gasteiger partial charge >= 0.3 is 27.2 Å². The number of rotatable bonds is 11. The fourth-order valence-electron chi connectivity index (χ4n) is 9.04. The lowest BCUT2D eigenvalue weighted by atomic mass is 9.76. The number of carbonyl (C=O) groups excluding carboxylic acids is 6. The molecule has 0 atom stereocenters. The molecular formula is C45H63Cl2N3O17S3. The predicted molar refractivity (Wildman–Crippen MR) is 257 cm³/mol. The molecule has 0 unspecified atom stereocenters. The van der Waals surface area contributed by atoms with Gasteiger partial charge in [-0.1, -0.05) is 41.5 Å². The third-order valence-corrected chi connectivity index (χ3v) is 14.0. The second kappa shape index (κ2) is 22.6. The Labute approximate surface area is 418 Å². The molecule has 0 aliphatic heterocycles. The average Bonchev–Trinajstić information content (AvgIpc) is 3.72. The maximum absolute atomic E-state index is 12.5. The smallest absolute Gasteiger partial charge is 0.353 e. The number of nitrogens with zero attached hydrogens (tertiary/aromatic N) is 3. The summed E-state index contributed by atoms with van der Waals surface area (Å²) in [5.74, 6) is -1.68. The van der Waals surface area contributed by atoms with E-state index in [4.69, 9.17) is 37.9 Å². The number of hydrogen-bond donors (Lipinski definition) is 2. The van der Waals surface area contributed by atoms with Gasteiger partial charge in [0.2, 0.25) is 0 Å². The second-order valence-corrected chi connectivity index (χ2v) is 25.3. The van der Waals surface area contributed by atoms with Crippen LogP contribution in [0.25, 0.3) is 0 Å². The quantitative estimate of drug-likeness (QED) is 0.0869. The van der Waals surface area contributed by atoms with E-state index >= 15 is 0 Å². The lowest BCUT2D eigenvalue weighted by Crippen LogP contribution is -2.29. The van der Waals surface area contributed by atoms with Crippen LogP contribution in [0.3, 0.4) is 0 Å². The zero-order valence-corrected chi connectivity index (χ0v) is 45.4. The molecule has 3 aromatic rings. The normalized spacial score (nSPS) is 16.7. The number of carbonyl (C=O) groups is 6. The lowest BCUT2D eigenvalue weighted by molar-refractivity contribution is -0.144. The highest BCUT2D eigenvalue weighted by Gasteiger charge is 2.42. The van der Waals surface area contributed by atoms with Gasteiger partial charge in [0.05, 0.1) is 30.9 Å². The molecule has 6 rings (SSSR count). The summed E-state index contributed by atoms with van der Waals surface area (Å²) in [6.07, 6.45) is 2.74. The van der Waals surface area contributed by atoms with Gasteiger partial charge in [0.25, 0.3) is 19.2 Å². The van der Waals surface area contributed by atoms with Gasteiger partial charge in [0.15, 0.2) is 17.3 Å². The molecule has 0 aromatic carbocycles. The second-order valence-electron chi connectivity index (χ2n) is 19.4. The summed E-state index contributed by atoms with van der Waals surface area (Å²) >= 11 is 0. The minimum Gasteiger partial charge on any atom is -0.465 e. The Kier molecular flexibility index (Phi) is 19.3. The first-order chi connectivity index (χ1) is 31.8. The van der Waals surface area contributed by atoms with E-state index in [2.05, 4.69) is 24.5 Å². The van der Waals surface area contributed by atoms with E-state index < -0.39 is 45.3 Å². The molecule has 0 saturated heterocycles. The molecule has 3 aromatic heterocycles. The first-order valence-electron chi connectivity index (χ1n) is 22.1. The molecule has 0 amide bonds. The van der Waals surface area contributed by atoms with E-state index in [1.54, 1.807) is 32.3 Å². The highest BCUT2D eigenvalue weighted by Crippen LogP contribution is 2.42. The van der Waals surface area contributed by atoms with E-state index in [1.807, 2.05) is 45.3 Å². The molecule has 3 aliphatic carbocycles. The van der Waals surface area contributed by atoms with E-state index in [0.29, 0.717) is 43.0 Å². The van der Waals surface area contributed by atoms with Gasteiger partial charge in [0, 0.05) is 80.4 Å². The molecule has 392 valence electrons. The summed E-state index contributed by atoms with van der Waals surface area (Å²) in [7, 11) is -3.26. The molecule has 0 radical (unpaired) electrons. The van der Waals surface area contributed by atoms with Crippen molar-refractivity contribution in [1.82, 2.24) is 13.7 Å². The summed E-state index contributed by atoms with van der Waals surface area (Å²) in [6.45, 7) is 22.6. The lowest BCUT2D eigenvalue weighted by Gasteiger charge is -2.29. The number of Topliss-reactive ketones (excluding diaryl/α,β-unsaturated/α-hetero) is 3. The van der Waals surface area contributed by atoms with Crippen molar-refractivity contribution in [3.63, 3.8) is 0 Å². The van der Waals surface area contributed by atoms with Gasteiger partial charge in [-0.25, -0.2) is 8.42 Å². The number of aromatic nitrogens is 3. The van der Waals surface area contributed by atoms with Crippen LogP contribution in [-0.2, 0) is 96.0 Å². The first-order valence-corrected chi connectivity index (χ1v) is 28.1. The molecule has 3 heterocycles. The summed E-state index contributed by atoms with van der Waals surface area (Å²) < 4.78 is 102. The van der Waals surface area contributed by atoms with Crippen LogP contribution in [-0.4, -0.2) is 103 Å². The largest absolute Gasteiger partial charge is 0.465 e. The molecule has 0 saturated carbocycles. The Morgan fingerprint density at radius 1 is 0.557 bits per heavy atom. The van der Waals surface area contributed by atoms with Crippen molar-refractivity contribution in [3.05, 3.63) is 56.9 Å². The Morgan fingerprint density at radius 2 is 0.871 bits per heavy atom. The zero-order valence-electron chi connectivity index (χ0n) is 41.4. The van der Waals surface area contributed by atoms with Crippen molar-refractivity contribution in [2.24, 2.45) is 16.2 Å². The van der Waals surface area contributed by atoms with Crippen molar-refractivity contribution in [2.75, 3.05) is 19.8 Å². The van der Waals surface area contributed by atoms with Gasteiger partial charge in [-0.3, -0.25) is 37.9 Å². The molecule has 0 fully saturated rings. The number of ether oxygens (including phenoxy) is 3. The first kappa shape index (κ1) is 59.9. The number of halogens is 2. The third-order valence-electron chi connectivity index (χ3n) is 11.6. The third kappa shape index (κ3) is 15.6. The van der Waals surface area contributed by atoms with Crippen molar-refractivity contribution >= 4 is 85.1 Å². The van der Waals surface area contributed by atoms with Crippen LogP contribution in [0.5, 0.6) is 0 Å². The maximum atomic E-state index is 12.5. The van der Waals surface area contributed by atoms with Gasteiger partial charge in [-0.15, -0.1) is 0 Å². The minimum atomic E-state index is -4.57. The summed E-state index contributed by atoms with van der Waals surface area (Å²) in [4.78, 5) is 71.8. The van der Waals surface area contributed by atoms with Crippen LogP contribution in [0.15, 0.2) is 15.9 Å². The summed E-state index contributed by atoms with van der Waals surface area (Å²) in [6, 6.07) is 1.89. The fourth-order valence-corrected chi connectivity index (χ4v) is 11.5. The number of aryl methyl sites for hydroxylation is 1. The number of esters is 3. The fraction of sp³-hybridized carbons (Fsp3) is 0.600. The van der Waals surface area contributed by atoms with Crippen molar-refractivity contribution in [2.45, 2.75) is 151 Å². The standard InChI is InChI=1S/C15H20ClNO5S.C15H21NO6S.C15H21NO3.ClHO3S/c1-5-22-12(19)8-17-9(2)14(23(16,20)21)13-10(17)6-15(3,4)7-11(13)18;1-5-22-12(18)8-16-9(2)14(23(19,20)21)13-10(16)6-15(3,4)7-11(13)17;1-5-19-14(18)9-16-10(2)6-11-12(16)7-15(3,4)8-13(11)17;1-5(2,3)4/h5-8H2,1-4H3;5-8H2,1-4H3,(H,19,20,21);6H,5,7-9H2,1-4H3;(H,2,3,4). The van der Waals surface area contributed by atoms with Gasteiger partial charge in [0.1, 0.15) is 29.4 Å². The van der Waals surface area contributed by atoms with Crippen LogP contribution in [0.2, 0.25) is 0 Å². The molecule has 20 nitrogen and oxygen atoms in total. The molecular weight excluding hydrogens is 1020 g/mol. The topological polar surface area (TPSA) is 288 Å². The van der Waals surface area contributed by atoms with E-state index in [1.165, 1.54) is 11.5 Å². The minimum absolute atomic E-state index is 0.00798. The van der Waals surface area contributed by atoms with Crippen LogP contribution in [0, 0.1) is 37.0 Å². The Morgan fingerprint density at radius 3 is 1.21 bits per heavy atom. The number of hydrogen-bond acceptors (Lipinski definition) is 15. The van der Waals surface area contributed by atoms with E-state index in [0.717, 1.165) is 23.4 Å². The van der Waals surface area contributed by atoms with Crippen molar-refractivity contribution in [1.29, 1.82) is 0 Å². The summed E-state index contributed by atoms with van der Waals surface area (Å²) in [5.41, 5.74) is 3.61. The molecule has 3 aliphatic rings. The summed E-state index contributed by atoms with van der Waals surface area (Å²) in [5, 5.41) is 0. The Hall–Kier alpha value is -4.39. The van der Waals surface area contributed by atoms with Gasteiger partial charge in [-0.2, -0.15) is 16.8 Å². The SMILES string of the molecule is CCOC(=O)Cn1c(C)c(S(=O)(=O)Cl)c2c1CC(C)(C)CC2=O.CCOC(=O)Cn1c(C)c(S(=O)(=O)O)c2c1CC(C)(C)CC2=O.CCOC(=O)Cn1c(C)cc2c1CC(C)(C)CC2=O.O=S(=O)(O)Cl. The molecule has 25 heteroatoms. The predicted octanol–water partition coefficient (Wildman–Crippen LogP) is 6.75. The number of ketones is 3. The van der Waals surface area contributed by atoms with Crippen LogP contribution in [0.1, 0.15) is 147 Å². The van der Waals surface area contributed by atoms with Gasteiger partial charge in [-0.05, 0) is 83.1 Å². The zero-order chi connectivity index (χ0) is 53.9. The van der Waals surface area contributed by atoms with Crippen molar-refractivity contribution in [3.8, 4) is 0 Å². The van der Waals surface area contributed by atoms with Crippen LogP contribution in [0.4, 0.5) is 0 Å². The molecule has 70 heavy (non-hydrogen) atoms. The van der Waals surface area contributed by atoms with Crippen LogP contribution < -0.4 is 0 Å².